The van der Waals surface area contributed by atoms with E-state index in [1.807, 2.05) is 0 Å². The van der Waals surface area contributed by atoms with Crippen molar-refractivity contribution in [1.29, 1.82) is 0 Å². The number of methoxy groups -OCH3 is 1. The first-order valence-corrected chi connectivity index (χ1v) is 7.97. The minimum absolute atomic E-state index is 0.0870. The summed E-state index contributed by atoms with van der Waals surface area (Å²) in [7, 11) is -2.71. The molecule has 0 amide bonds. The Labute approximate surface area is 132 Å². The predicted octanol–water partition coefficient (Wildman–Crippen LogP) is 2.01. The third-order valence-corrected chi connectivity index (χ3v) is 4.48. The van der Waals surface area contributed by atoms with E-state index in [0.717, 1.165) is 18.2 Å². The summed E-state index contributed by atoms with van der Waals surface area (Å²) in [5.41, 5.74) is 0.302. The normalized spacial score (nSPS) is 11.2. The topological polar surface area (TPSA) is 92.7 Å². The lowest BCUT2D eigenvalue weighted by molar-refractivity contribution is 0.0696. The van der Waals surface area contributed by atoms with Gasteiger partial charge in [-0.25, -0.2) is 22.3 Å². The smallest absolute Gasteiger partial charge is 0.335 e. The Balaban J connectivity index is 2.25. The Kier molecular flexibility index (Phi) is 4.97. The molecule has 0 unspecified atom stereocenters. The van der Waals surface area contributed by atoms with Crippen LogP contribution in [0.3, 0.4) is 0 Å². The number of carboxylic acid groups (broad SMARTS) is 1. The third-order valence-electron chi connectivity index (χ3n) is 3.07. The van der Waals surface area contributed by atoms with E-state index in [0.29, 0.717) is 11.3 Å². The van der Waals surface area contributed by atoms with Crippen LogP contribution in [0.2, 0.25) is 0 Å². The van der Waals surface area contributed by atoms with Gasteiger partial charge in [-0.3, -0.25) is 0 Å². The monoisotopic (exact) mass is 339 g/mol. The van der Waals surface area contributed by atoms with Crippen molar-refractivity contribution >= 4 is 16.0 Å². The zero-order valence-corrected chi connectivity index (χ0v) is 12.9. The number of ether oxygens (including phenoxy) is 1. The van der Waals surface area contributed by atoms with Crippen molar-refractivity contribution in [2.24, 2.45) is 0 Å². The number of hydrogen-bond donors (Lipinski definition) is 2. The van der Waals surface area contributed by atoms with Crippen LogP contribution in [-0.2, 0) is 16.6 Å². The second-order valence-electron chi connectivity index (χ2n) is 4.63. The maximum Gasteiger partial charge on any atom is 0.335 e. The third kappa shape index (κ3) is 4.05. The molecule has 2 aromatic carbocycles. The molecular weight excluding hydrogens is 325 g/mol. The maximum absolute atomic E-state index is 13.7. The van der Waals surface area contributed by atoms with Gasteiger partial charge in [0.2, 0.25) is 10.0 Å². The summed E-state index contributed by atoms with van der Waals surface area (Å²) in [6.45, 7) is -0.0870. The number of rotatable bonds is 6. The highest BCUT2D eigenvalue weighted by atomic mass is 32.2. The van der Waals surface area contributed by atoms with Crippen LogP contribution in [-0.4, -0.2) is 26.6 Å². The van der Waals surface area contributed by atoms with Gasteiger partial charge in [0.15, 0.2) is 0 Å². The number of carboxylic acids is 1. The van der Waals surface area contributed by atoms with Crippen molar-refractivity contribution < 1.29 is 27.4 Å². The van der Waals surface area contributed by atoms with E-state index in [1.165, 1.54) is 7.11 Å². The molecule has 0 saturated heterocycles. The van der Waals surface area contributed by atoms with Crippen LogP contribution < -0.4 is 9.46 Å². The Bertz CT molecular complexity index is 836. The van der Waals surface area contributed by atoms with Crippen molar-refractivity contribution in [3.8, 4) is 5.75 Å². The van der Waals surface area contributed by atoms with E-state index >= 15 is 0 Å². The molecule has 0 aromatic heterocycles. The van der Waals surface area contributed by atoms with Gasteiger partial charge in [-0.15, -0.1) is 0 Å². The van der Waals surface area contributed by atoms with Crippen LogP contribution in [0.4, 0.5) is 4.39 Å². The first kappa shape index (κ1) is 16.9. The van der Waals surface area contributed by atoms with Crippen molar-refractivity contribution in [2.75, 3.05) is 7.11 Å². The van der Waals surface area contributed by atoms with E-state index in [-0.39, 0.29) is 12.1 Å². The van der Waals surface area contributed by atoms with Crippen molar-refractivity contribution in [3.05, 3.63) is 59.4 Å². The lowest BCUT2D eigenvalue weighted by Gasteiger charge is -2.09. The first-order valence-electron chi connectivity index (χ1n) is 6.49. The number of hydrogen-bond acceptors (Lipinski definition) is 4. The molecule has 122 valence electrons. The minimum Gasteiger partial charge on any atom is -0.497 e. The number of nitrogens with one attached hydrogen (secondary N) is 1. The van der Waals surface area contributed by atoms with Gasteiger partial charge in [-0.05, 0) is 35.9 Å². The largest absolute Gasteiger partial charge is 0.497 e. The molecule has 0 atom stereocenters. The standard InChI is InChI=1S/C15H14FNO5S/c1-22-12-4-2-3-10(7-12)9-17-23(20,21)14-8-11(15(18)19)5-6-13(14)16/h2-8,17H,9H2,1H3,(H,18,19). The quantitative estimate of drug-likeness (QED) is 0.840. The zero-order chi connectivity index (χ0) is 17.0. The molecule has 0 aliphatic carbocycles. The van der Waals surface area contributed by atoms with E-state index in [1.54, 1.807) is 24.3 Å². The van der Waals surface area contributed by atoms with Crippen molar-refractivity contribution in [3.63, 3.8) is 0 Å². The zero-order valence-electron chi connectivity index (χ0n) is 12.1. The summed E-state index contributed by atoms with van der Waals surface area (Å²) < 4.78 is 45.4. The number of benzene rings is 2. The summed E-state index contributed by atoms with van der Waals surface area (Å²) in [5.74, 6) is -1.80. The van der Waals surface area contributed by atoms with Crippen molar-refractivity contribution in [2.45, 2.75) is 11.4 Å². The molecule has 2 rings (SSSR count). The molecule has 6 nitrogen and oxygen atoms in total. The molecule has 23 heavy (non-hydrogen) atoms. The molecular formula is C15H14FNO5S. The number of halogens is 1. The maximum atomic E-state index is 13.7. The molecule has 0 aliphatic rings. The highest BCUT2D eigenvalue weighted by Crippen LogP contribution is 2.18. The highest BCUT2D eigenvalue weighted by molar-refractivity contribution is 7.89. The fraction of sp³-hybridized carbons (Fsp3) is 0.133. The lowest BCUT2D eigenvalue weighted by atomic mass is 10.2. The Hall–Kier alpha value is -2.45. The number of carbonyl (C=O) groups is 1. The van der Waals surface area contributed by atoms with Crippen LogP contribution in [0, 0.1) is 5.82 Å². The second kappa shape index (κ2) is 6.76. The molecule has 8 heteroatoms. The molecule has 0 saturated carbocycles. The van der Waals surface area contributed by atoms with Crippen LogP contribution in [0.15, 0.2) is 47.4 Å². The molecule has 0 aliphatic heterocycles. The second-order valence-corrected chi connectivity index (χ2v) is 6.36. The molecule has 0 heterocycles. The van der Waals surface area contributed by atoms with Crippen molar-refractivity contribution in [1.82, 2.24) is 4.72 Å². The summed E-state index contributed by atoms with van der Waals surface area (Å²) in [4.78, 5) is 10.2. The van der Waals surface area contributed by atoms with Gasteiger partial charge >= 0.3 is 5.97 Å². The van der Waals surface area contributed by atoms with E-state index in [2.05, 4.69) is 4.72 Å². The number of sulfonamides is 1. The molecule has 0 bridgehead atoms. The summed E-state index contributed by atoms with van der Waals surface area (Å²) >= 11 is 0. The van der Waals surface area contributed by atoms with Crippen LogP contribution >= 0.6 is 0 Å². The summed E-state index contributed by atoms with van der Waals surface area (Å²) in [6, 6.07) is 9.29. The fourth-order valence-corrected chi connectivity index (χ4v) is 3.00. The Morgan fingerprint density at radius 1 is 1.26 bits per heavy atom. The lowest BCUT2D eigenvalue weighted by Crippen LogP contribution is -2.24. The van der Waals surface area contributed by atoms with Crippen LogP contribution in [0.25, 0.3) is 0 Å². The van der Waals surface area contributed by atoms with Crippen LogP contribution in [0.1, 0.15) is 15.9 Å². The van der Waals surface area contributed by atoms with Gasteiger partial charge in [0, 0.05) is 6.54 Å². The summed E-state index contributed by atoms with van der Waals surface area (Å²) in [6.07, 6.45) is 0. The fourth-order valence-electron chi connectivity index (χ4n) is 1.88. The Morgan fingerprint density at radius 3 is 2.65 bits per heavy atom. The average molecular weight is 339 g/mol. The minimum atomic E-state index is -4.19. The van der Waals surface area contributed by atoms with E-state index < -0.39 is 26.7 Å². The molecule has 0 spiro atoms. The van der Waals surface area contributed by atoms with Gasteiger partial charge in [-0.2, -0.15) is 0 Å². The van der Waals surface area contributed by atoms with Gasteiger partial charge < -0.3 is 9.84 Å². The highest BCUT2D eigenvalue weighted by Gasteiger charge is 2.21. The Morgan fingerprint density at radius 2 is 2.00 bits per heavy atom. The van der Waals surface area contributed by atoms with E-state index in [9.17, 15) is 17.6 Å². The molecule has 2 N–H and O–H groups in total. The SMILES string of the molecule is COc1cccc(CNS(=O)(=O)c2cc(C(=O)O)ccc2F)c1. The molecule has 0 radical (unpaired) electrons. The molecule has 0 fully saturated rings. The predicted molar refractivity (Wildman–Crippen MR) is 80.4 cm³/mol. The number of aromatic carboxylic acids is 1. The van der Waals surface area contributed by atoms with E-state index in [4.69, 9.17) is 9.84 Å². The summed E-state index contributed by atoms with van der Waals surface area (Å²) in [5, 5.41) is 8.88. The van der Waals surface area contributed by atoms with Gasteiger partial charge in [0.1, 0.15) is 16.5 Å². The van der Waals surface area contributed by atoms with Gasteiger partial charge in [-0.1, -0.05) is 12.1 Å². The average Bonchev–Trinajstić information content (AvgIpc) is 2.53. The van der Waals surface area contributed by atoms with Gasteiger partial charge in [0.25, 0.3) is 0 Å². The van der Waals surface area contributed by atoms with Crippen LogP contribution in [0.5, 0.6) is 5.75 Å². The first-order chi connectivity index (χ1) is 10.8. The van der Waals surface area contributed by atoms with Gasteiger partial charge in [0.05, 0.1) is 12.7 Å². The molecule has 2 aromatic rings.